The summed E-state index contributed by atoms with van der Waals surface area (Å²) in [5, 5.41) is 0. The minimum atomic E-state index is 0.404. The zero-order valence-electron chi connectivity index (χ0n) is 9.28. The number of nitrogens with two attached hydrogens (primary N) is 1. The number of piperidine rings is 1. The molecule has 2 aliphatic heterocycles. The van der Waals surface area contributed by atoms with E-state index in [4.69, 9.17) is 5.73 Å². The predicted molar refractivity (Wildman–Crippen MR) is 63.7 cm³/mol. The summed E-state index contributed by atoms with van der Waals surface area (Å²) in [7, 11) is 0. The molecule has 0 bridgehead atoms. The first kappa shape index (κ1) is 10.8. The summed E-state index contributed by atoms with van der Waals surface area (Å²) in [6, 6.07) is 1.79. The highest BCUT2D eigenvalue weighted by Crippen LogP contribution is 2.31. The Hall–Kier alpha value is 0.270. The van der Waals surface area contributed by atoms with E-state index < -0.39 is 0 Å². The van der Waals surface area contributed by atoms with Crippen molar-refractivity contribution in [2.45, 2.75) is 44.8 Å². The van der Waals surface area contributed by atoms with Crippen LogP contribution in [0.1, 0.15) is 26.7 Å². The Morgan fingerprint density at radius 3 is 2.71 bits per heavy atom. The normalized spacial score (nSPS) is 45.6. The third kappa shape index (κ3) is 1.95. The Morgan fingerprint density at radius 2 is 2.07 bits per heavy atom. The van der Waals surface area contributed by atoms with Gasteiger partial charge in [0.05, 0.1) is 0 Å². The van der Waals surface area contributed by atoms with Gasteiger partial charge in [-0.1, -0.05) is 6.92 Å². The van der Waals surface area contributed by atoms with Crippen LogP contribution in [0.25, 0.3) is 0 Å². The lowest BCUT2D eigenvalue weighted by molar-refractivity contribution is 0.0823. The molecule has 2 rings (SSSR count). The topological polar surface area (TPSA) is 29.3 Å². The maximum Gasteiger partial charge on any atom is 0.0223 e. The molecule has 0 aromatic rings. The standard InChI is InChI=1S/C11H22N2S/c1-8-6-14-7-11(8)13-5-3-4-10(12)9(13)2/h8-11H,3-7,12H2,1-2H3/t8?,9-,10-,11?/m1/s1. The first-order valence-electron chi connectivity index (χ1n) is 5.79. The Morgan fingerprint density at radius 1 is 1.29 bits per heavy atom. The second kappa shape index (κ2) is 4.42. The first-order valence-corrected chi connectivity index (χ1v) is 6.94. The van der Waals surface area contributed by atoms with Gasteiger partial charge in [-0.2, -0.15) is 11.8 Å². The van der Waals surface area contributed by atoms with E-state index in [1.165, 1.54) is 30.9 Å². The van der Waals surface area contributed by atoms with Crippen molar-refractivity contribution in [1.29, 1.82) is 0 Å². The average molecular weight is 214 g/mol. The fourth-order valence-corrected chi connectivity index (χ4v) is 4.23. The molecule has 2 N–H and O–H groups in total. The van der Waals surface area contributed by atoms with Crippen LogP contribution in [0.3, 0.4) is 0 Å². The van der Waals surface area contributed by atoms with E-state index in [9.17, 15) is 0 Å². The van der Waals surface area contributed by atoms with Crippen LogP contribution in [0.5, 0.6) is 0 Å². The zero-order chi connectivity index (χ0) is 10.1. The van der Waals surface area contributed by atoms with Crippen molar-refractivity contribution in [1.82, 2.24) is 4.90 Å². The van der Waals surface area contributed by atoms with Crippen molar-refractivity contribution in [3.8, 4) is 0 Å². The summed E-state index contributed by atoms with van der Waals surface area (Å²) < 4.78 is 0. The van der Waals surface area contributed by atoms with Gasteiger partial charge in [-0.15, -0.1) is 0 Å². The summed E-state index contributed by atoms with van der Waals surface area (Å²) >= 11 is 2.10. The Labute approximate surface area is 91.6 Å². The number of likely N-dealkylation sites (tertiary alicyclic amines) is 1. The average Bonchev–Trinajstić information content (AvgIpc) is 2.57. The van der Waals surface area contributed by atoms with Crippen LogP contribution in [0.15, 0.2) is 0 Å². The Balaban J connectivity index is 2.01. The van der Waals surface area contributed by atoms with Crippen LogP contribution in [-0.2, 0) is 0 Å². The van der Waals surface area contributed by atoms with Gasteiger partial charge in [0, 0.05) is 23.9 Å². The maximum atomic E-state index is 6.13. The smallest absolute Gasteiger partial charge is 0.0223 e. The van der Waals surface area contributed by atoms with Crippen LogP contribution in [0.4, 0.5) is 0 Å². The van der Waals surface area contributed by atoms with Crippen LogP contribution in [-0.4, -0.2) is 41.1 Å². The number of thioether (sulfide) groups is 1. The molecule has 4 atom stereocenters. The van der Waals surface area contributed by atoms with Crippen molar-refractivity contribution in [2.24, 2.45) is 11.7 Å². The Kier molecular flexibility index (Phi) is 3.40. The zero-order valence-corrected chi connectivity index (χ0v) is 10.1. The van der Waals surface area contributed by atoms with E-state index in [0.29, 0.717) is 12.1 Å². The summed E-state index contributed by atoms with van der Waals surface area (Å²) in [5.74, 6) is 3.51. The lowest BCUT2D eigenvalue weighted by Gasteiger charge is -2.42. The van der Waals surface area contributed by atoms with Crippen molar-refractivity contribution in [2.75, 3.05) is 18.1 Å². The van der Waals surface area contributed by atoms with Gasteiger partial charge in [-0.25, -0.2) is 0 Å². The van der Waals surface area contributed by atoms with Crippen molar-refractivity contribution >= 4 is 11.8 Å². The largest absolute Gasteiger partial charge is 0.326 e. The molecule has 0 aliphatic carbocycles. The molecular formula is C11H22N2S. The minimum Gasteiger partial charge on any atom is -0.326 e. The summed E-state index contributed by atoms with van der Waals surface area (Å²) in [6.45, 7) is 5.96. The predicted octanol–water partition coefficient (Wildman–Crippen LogP) is 1.55. The molecule has 0 spiro atoms. The van der Waals surface area contributed by atoms with E-state index in [-0.39, 0.29) is 0 Å². The van der Waals surface area contributed by atoms with Crippen LogP contribution in [0, 0.1) is 5.92 Å². The molecule has 0 aromatic heterocycles. The minimum absolute atomic E-state index is 0.404. The molecule has 0 aromatic carbocycles. The van der Waals surface area contributed by atoms with Gasteiger partial charge in [-0.05, 0) is 38.0 Å². The van der Waals surface area contributed by atoms with Gasteiger partial charge in [0.2, 0.25) is 0 Å². The third-order valence-corrected chi connectivity index (χ3v) is 5.19. The molecule has 2 aliphatic rings. The van der Waals surface area contributed by atoms with Gasteiger partial charge < -0.3 is 5.73 Å². The van der Waals surface area contributed by atoms with Crippen molar-refractivity contribution < 1.29 is 0 Å². The van der Waals surface area contributed by atoms with E-state index in [1.54, 1.807) is 0 Å². The maximum absolute atomic E-state index is 6.13. The molecule has 2 fully saturated rings. The quantitative estimate of drug-likeness (QED) is 0.718. The molecule has 2 unspecified atom stereocenters. The van der Waals surface area contributed by atoms with E-state index in [0.717, 1.165) is 12.0 Å². The SMILES string of the molecule is CC1CSCC1N1CCC[C@@H](N)[C@H]1C. The molecule has 0 radical (unpaired) electrons. The first-order chi connectivity index (χ1) is 6.70. The second-order valence-electron chi connectivity index (χ2n) is 4.87. The van der Waals surface area contributed by atoms with Crippen LogP contribution < -0.4 is 5.73 Å². The highest BCUT2D eigenvalue weighted by molar-refractivity contribution is 7.99. The monoisotopic (exact) mass is 214 g/mol. The summed E-state index contributed by atoms with van der Waals surface area (Å²) in [4.78, 5) is 2.67. The van der Waals surface area contributed by atoms with Gasteiger partial charge >= 0.3 is 0 Å². The molecule has 82 valence electrons. The second-order valence-corrected chi connectivity index (χ2v) is 5.94. The lowest BCUT2D eigenvalue weighted by atomic mass is 9.93. The molecule has 2 heterocycles. The highest BCUT2D eigenvalue weighted by atomic mass is 32.2. The lowest BCUT2D eigenvalue weighted by Crippen LogP contribution is -2.55. The molecule has 3 heteroatoms. The van der Waals surface area contributed by atoms with Crippen LogP contribution >= 0.6 is 11.8 Å². The van der Waals surface area contributed by atoms with E-state index in [2.05, 4.69) is 30.5 Å². The molecule has 2 nitrogen and oxygen atoms in total. The van der Waals surface area contributed by atoms with Crippen LogP contribution in [0.2, 0.25) is 0 Å². The van der Waals surface area contributed by atoms with Gasteiger partial charge in [0.1, 0.15) is 0 Å². The number of rotatable bonds is 1. The summed E-state index contributed by atoms with van der Waals surface area (Å²) in [6.07, 6.45) is 2.51. The highest BCUT2D eigenvalue weighted by Gasteiger charge is 2.35. The van der Waals surface area contributed by atoms with E-state index >= 15 is 0 Å². The third-order valence-electron chi connectivity index (χ3n) is 3.85. The van der Waals surface area contributed by atoms with Crippen molar-refractivity contribution in [3.63, 3.8) is 0 Å². The van der Waals surface area contributed by atoms with E-state index in [1.807, 2.05) is 0 Å². The summed E-state index contributed by atoms with van der Waals surface area (Å²) in [5.41, 5.74) is 6.13. The van der Waals surface area contributed by atoms with Gasteiger partial charge in [-0.3, -0.25) is 4.90 Å². The fraction of sp³-hybridized carbons (Fsp3) is 1.00. The van der Waals surface area contributed by atoms with Gasteiger partial charge in [0.15, 0.2) is 0 Å². The molecule has 0 saturated carbocycles. The molecule has 0 amide bonds. The fourth-order valence-electron chi connectivity index (χ4n) is 2.74. The molecule has 14 heavy (non-hydrogen) atoms. The number of hydrogen-bond acceptors (Lipinski definition) is 3. The molecular weight excluding hydrogens is 192 g/mol. The Bertz CT molecular complexity index is 198. The molecule has 2 saturated heterocycles. The number of nitrogens with zero attached hydrogens (tertiary/aromatic N) is 1. The number of hydrogen-bond donors (Lipinski definition) is 1. The van der Waals surface area contributed by atoms with Crippen molar-refractivity contribution in [3.05, 3.63) is 0 Å². The van der Waals surface area contributed by atoms with Gasteiger partial charge in [0.25, 0.3) is 0 Å².